The van der Waals surface area contributed by atoms with Crippen molar-refractivity contribution in [1.29, 1.82) is 0 Å². The number of aromatic nitrogens is 2. The second-order valence-electron chi connectivity index (χ2n) is 6.22. The summed E-state index contributed by atoms with van der Waals surface area (Å²) in [5.74, 6) is -0.929. The van der Waals surface area contributed by atoms with Crippen molar-refractivity contribution in [3.05, 3.63) is 82.2 Å². The van der Waals surface area contributed by atoms with Gasteiger partial charge in [-0.25, -0.2) is 14.8 Å². The molecule has 1 aromatic heterocycles. The van der Waals surface area contributed by atoms with Crippen LogP contribution in [-0.4, -0.2) is 40.7 Å². The third-order valence-corrected chi connectivity index (χ3v) is 4.03. The van der Waals surface area contributed by atoms with Gasteiger partial charge in [-0.1, -0.05) is 6.07 Å². The van der Waals surface area contributed by atoms with E-state index in [1.54, 1.807) is 31.1 Å². The number of nitrogens with zero attached hydrogens (tertiary/aromatic N) is 5. The van der Waals surface area contributed by atoms with Gasteiger partial charge in [0.05, 0.1) is 23.7 Å². The van der Waals surface area contributed by atoms with Gasteiger partial charge in [-0.15, -0.1) is 0 Å². The molecule has 10 heteroatoms. The summed E-state index contributed by atoms with van der Waals surface area (Å²) in [7, 11) is 3.42. The molecule has 1 amide bonds. The number of hydrogen-bond acceptors (Lipinski definition) is 6. The molecule has 9 nitrogen and oxygen atoms in total. The highest BCUT2D eigenvalue weighted by molar-refractivity contribution is 5.94. The first-order chi connectivity index (χ1) is 13.9. The van der Waals surface area contributed by atoms with E-state index in [4.69, 9.17) is 0 Å². The molecule has 0 bridgehead atoms. The predicted molar refractivity (Wildman–Crippen MR) is 106 cm³/mol. The molecule has 148 valence electrons. The van der Waals surface area contributed by atoms with Crippen molar-refractivity contribution in [2.24, 2.45) is 5.10 Å². The summed E-state index contributed by atoms with van der Waals surface area (Å²) in [6, 6.07) is 10.2. The molecule has 0 aliphatic carbocycles. The average Bonchev–Trinajstić information content (AvgIpc) is 3.18. The quantitative estimate of drug-likeness (QED) is 0.392. The summed E-state index contributed by atoms with van der Waals surface area (Å²) in [6.45, 7) is 0. The standard InChI is InChI=1S/C19H17FN6O3/c1-24(2)16-8-3-13(9-17(16)26(28)29)10-22-23-19(27)18-11-21-12-25(18)15-6-4-14(20)5-7-15/h3-12H,1-2H3,(H,23,27). The molecule has 0 aliphatic rings. The van der Waals surface area contributed by atoms with E-state index in [9.17, 15) is 19.3 Å². The van der Waals surface area contributed by atoms with Crippen LogP contribution >= 0.6 is 0 Å². The second-order valence-corrected chi connectivity index (χ2v) is 6.22. The van der Waals surface area contributed by atoms with E-state index < -0.39 is 10.8 Å². The topological polar surface area (TPSA) is 106 Å². The van der Waals surface area contributed by atoms with E-state index in [0.717, 1.165) is 0 Å². The number of nitro benzene ring substituents is 1. The first kappa shape index (κ1) is 19.7. The molecular weight excluding hydrogens is 379 g/mol. The largest absolute Gasteiger partial charge is 0.372 e. The van der Waals surface area contributed by atoms with Crippen LogP contribution in [0.5, 0.6) is 0 Å². The Morgan fingerprint density at radius 1 is 1.28 bits per heavy atom. The van der Waals surface area contributed by atoms with Crippen LogP contribution in [0, 0.1) is 15.9 Å². The summed E-state index contributed by atoms with van der Waals surface area (Å²) in [5.41, 5.74) is 3.96. The van der Waals surface area contributed by atoms with E-state index in [0.29, 0.717) is 16.9 Å². The third-order valence-electron chi connectivity index (χ3n) is 4.03. The molecule has 0 fully saturated rings. The maximum Gasteiger partial charge on any atom is 0.293 e. The predicted octanol–water partition coefficient (Wildman–Crippen LogP) is 2.75. The molecule has 0 atom stereocenters. The number of halogens is 1. The molecule has 0 aliphatic heterocycles. The van der Waals surface area contributed by atoms with Crippen molar-refractivity contribution < 1.29 is 14.1 Å². The van der Waals surface area contributed by atoms with Crippen LogP contribution in [0.2, 0.25) is 0 Å². The molecular formula is C19H17FN6O3. The van der Waals surface area contributed by atoms with E-state index in [1.165, 1.54) is 53.6 Å². The molecule has 1 N–H and O–H groups in total. The zero-order chi connectivity index (χ0) is 21.0. The summed E-state index contributed by atoms with van der Waals surface area (Å²) < 4.78 is 14.6. The number of rotatable bonds is 6. The Morgan fingerprint density at radius 3 is 2.66 bits per heavy atom. The number of carbonyl (C=O) groups excluding carboxylic acids is 1. The number of anilines is 1. The Kier molecular flexibility index (Phi) is 5.63. The summed E-state index contributed by atoms with van der Waals surface area (Å²) in [6.07, 6.45) is 4.09. The first-order valence-corrected chi connectivity index (χ1v) is 8.44. The Morgan fingerprint density at radius 2 is 2.00 bits per heavy atom. The van der Waals surface area contributed by atoms with Gasteiger partial charge in [0.15, 0.2) is 0 Å². The number of imidazole rings is 1. The van der Waals surface area contributed by atoms with Gasteiger partial charge in [0, 0.05) is 31.4 Å². The Bertz CT molecular complexity index is 1080. The van der Waals surface area contributed by atoms with Crippen molar-refractivity contribution in [3.63, 3.8) is 0 Å². The summed E-state index contributed by atoms with van der Waals surface area (Å²) in [4.78, 5) is 28.7. The van der Waals surface area contributed by atoms with E-state index in [2.05, 4.69) is 15.5 Å². The molecule has 29 heavy (non-hydrogen) atoms. The van der Waals surface area contributed by atoms with Crippen LogP contribution < -0.4 is 10.3 Å². The minimum Gasteiger partial charge on any atom is -0.372 e. The fraction of sp³-hybridized carbons (Fsp3) is 0.105. The Balaban J connectivity index is 1.76. The number of carbonyl (C=O) groups is 1. The van der Waals surface area contributed by atoms with Crippen molar-refractivity contribution >= 4 is 23.5 Å². The zero-order valence-corrected chi connectivity index (χ0v) is 15.6. The number of hydrogen-bond donors (Lipinski definition) is 1. The third kappa shape index (κ3) is 4.43. The maximum absolute atomic E-state index is 13.1. The monoisotopic (exact) mass is 396 g/mol. The van der Waals surface area contributed by atoms with Gasteiger partial charge >= 0.3 is 0 Å². The van der Waals surface area contributed by atoms with E-state index in [-0.39, 0.29) is 17.2 Å². The van der Waals surface area contributed by atoms with Gasteiger partial charge in [-0.05, 0) is 30.3 Å². The molecule has 2 aromatic carbocycles. The second kappa shape index (κ2) is 8.30. The minimum atomic E-state index is -0.539. The highest BCUT2D eigenvalue weighted by Gasteiger charge is 2.16. The van der Waals surface area contributed by atoms with Gasteiger partial charge in [-0.3, -0.25) is 19.5 Å². The van der Waals surface area contributed by atoms with Crippen LogP contribution in [0.25, 0.3) is 5.69 Å². The summed E-state index contributed by atoms with van der Waals surface area (Å²) in [5, 5.41) is 15.1. The van der Waals surface area contributed by atoms with Gasteiger partial charge in [0.1, 0.15) is 17.2 Å². The van der Waals surface area contributed by atoms with Gasteiger partial charge in [0.2, 0.25) is 0 Å². The van der Waals surface area contributed by atoms with Crippen molar-refractivity contribution in [2.45, 2.75) is 0 Å². The normalized spacial score (nSPS) is 10.9. The average molecular weight is 396 g/mol. The lowest BCUT2D eigenvalue weighted by molar-refractivity contribution is -0.384. The van der Waals surface area contributed by atoms with Crippen LogP contribution in [0.3, 0.4) is 0 Å². The zero-order valence-electron chi connectivity index (χ0n) is 15.6. The Labute approximate surface area is 165 Å². The molecule has 3 rings (SSSR count). The number of benzene rings is 2. The number of amides is 1. The van der Waals surface area contributed by atoms with Crippen LogP contribution in [0.4, 0.5) is 15.8 Å². The fourth-order valence-electron chi connectivity index (χ4n) is 2.64. The lowest BCUT2D eigenvalue weighted by Crippen LogP contribution is -2.20. The van der Waals surface area contributed by atoms with Gasteiger partial charge < -0.3 is 4.90 Å². The molecule has 0 unspecified atom stereocenters. The van der Waals surface area contributed by atoms with Crippen LogP contribution in [0.1, 0.15) is 16.1 Å². The molecule has 0 saturated heterocycles. The van der Waals surface area contributed by atoms with Crippen molar-refractivity contribution in [3.8, 4) is 5.69 Å². The van der Waals surface area contributed by atoms with Crippen LogP contribution in [0.15, 0.2) is 60.1 Å². The minimum absolute atomic E-state index is 0.0698. The Hall–Kier alpha value is -4.08. The van der Waals surface area contributed by atoms with Crippen molar-refractivity contribution in [2.75, 3.05) is 19.0 Å². The van der Waals surface area contributed by atoms with E-state index in [1.807, 2.05) is 0 Å². The first-order valence-electron chi connectivity index (χ1n) is 8.44. The highest BCUT2D eigenvalue weighted by atomic mass is 19.1. The summed E-state index contributed by atoms with van der Waals surface area (Å²) >= 11 is 0. The molecule has 0 spiro atoms. The van der Waals surface area contributed by atoms with E-state index >= 15 is 0 Å². The molecule has 0 radical (unpaired) electrons. The smallest absolute Gasteiger partial charge is 0.293 e. The molecule has 3 aromatic rings. The van der Waals surface area contributed by atoms with Crippen LogP contribution in [-0.2, 0) is 0 Å². The molecule has 1 heterocycles. The maximum atomic E-state index is 13.1. The van der Waals surface area contributed by atoms with Gasteiger partial charge in [0.25, 0.3) is 11.6 Å². The fourth-order valence-corrected chi connectivity index (χ4v) is 2.64. The number of nitrogens with one attached hydrogen (secondary N) is 1. The lowest BCUT2D eigenvalue weighted by atomic mass is 10.2. The van der Waals surface area contributed by atoms with Crippen molar-refractivity contribution in [1.82, 2.24) is 15.0 Å². The number of nitro groups is 1. The lowest BCUT2D eigenvalue weighted by Gasteiger charge is -2.12. The highest BCUT2D eigenvalue weighted by Crippen LogP contribution is 2.27. The van der Waals surface area contributed by atoms with Gasteiger partial charge in [-0.2, -0.15) is 5.10 Å². The number of hydrazone groups is 1. The SMILES string of the molecule is CN(C)c1ccc(C=NNC(=O)c2cncn2-c2ccc(F)cc2)cc1[N+](=O)[O-]. The molecule has 0 saturated carbocycles.